The van der Waals surface area contributed by atoms with Gasteiger partial charge in [0, 0.05) is 5.56 Å². The van der Waals surface area contributed by atoms with Gasteiger partial charge >= 0.3 is 0 Å². The molecule has 0 spiro atoms. The van der Waals surface area contributed by atoms with Crippen LogP contribution in [0.2, 0.25) is 0 Å². The maximum Gasteiger partial charge on any atom is 0.287 e. The standard InChI is InChI=1S/C29H29N2O/c1-17-21-11-5-9-20-10-6-12-22(26(20)21)29-25(17)28-27-23(30-16-31(28)2)14-19(15-24(27)32-29)13-18-7-3-4-8-18/h5,9,11,14-16,18H,3-4,6-8,10,12-13H2,1-2H3/q+1. The molecular formula is C29H29N2O+. The van der Waals surface area contributed by atoms with Gasteiger partial charge in [-0.3, -0.25) is 0 Å². The zero-order chi connectivity index (χ0) is 21.4. The third-order valence-electron chi connectivity index (χ3n) is 8.15. The van der Waals surface area contributed by atoms with Crippen LogP contribution in [0.1, 0.15) is 54.4 Å². The fourth-order valence-electron chi connectivity index (χ4n) is 6.68. The van der Waals surface area contributed by atoms with Crippen LogP contribution in [0.15, 0.2) is 36.7 Å². The van der Waals surface area contributed by atoms with Crippen molar-refractivity contribution < 1.29 is 9.30 Å². The number of ether oxygens (including phenoxy) is 1. The minimum absolute atomic E-state index is 0.810. The van der Waals surface area contributed by atoms with Crippen LogP contribution in [0.3, 0.4) is 0 Å². The molecule has 1 aromatic heterocycles. The van der Waals surface area contributed by atoms with Crippen molar-refractivity contribution >= 4 is 21.7 Å². The summed E-state index contributed by atoms with van der Waals surface area (Å²) >= 11 is 0. The number of nitrogens with zero attached hydrogens (tertiary/aromatic N) is 2. The summed E-state index contributed by atoms with van der Waals surface area (Å²) in [7, 11) is 2.12. The predicted octanol–water partition coefficient (Wildman–Crippen LogP) is 6.52. The first-order valence-corrected chi connectivity index (χ1v) is 12.3. The lowest BCUT2D eigenvalue weighted by Gasteiger charge is -2.28. The zero-order valence-corrected chi connectivity index (χ0v) is 19.0. The highest BCUT2D eigenvalue weighted by atomic mass is 16.5. The van der Waals surface area contributed by atoms with Crippen LogP contribution < -0.4 is 9.30 Å². The van der Waals surface area contributed by atoms with Gasteiger partial charge in [0.1, 0.15) is 16.9 Å². The molecule has 3 heteroatoms. The molecule has 4 aromatic rings. The van der Waals surface area contributed by atoms with Gasteiger partial charge in [0.25, 0.3) is 6.33 Å². The van der Waals surface area contributed by atoms with Crippen molar-refractivity contribution in [2.45, 2.75) is 58.3 Å². The van der Waals surface area contributed by atoms with E-state index in [0.717, 1.165) is 42.2 Å². The third kappa shape index (κ3) is 2.54. The summed E-state index contributed by atoms with van der Waals surface area (Å²) in [5.41, 5.74) is 9.16. The number of aryl methyl sites for hydroxylation is 4. The molecule has 1 saturated carbocycles. The molecule has 0 unspecified atom stereocenters. The largest absolute Gasteiger partial charge is 0.455 e. The van der Waals surface area contributed by atoms with Crippen molar-refractivity contribution in [1.82, 2.24) is 4.98 Å². The van der Waals surface area contributed by atoms with Crippen LogP contribution >= 0.6 is 0 Å². The maximum atomic E-state index is 6.86. The first kappa shape index (κ1) is 18.6. The monoisotopic (exact) mass is 421 g/mol. The number of hydrogen-bond donors (Lipinski definition) is 0. The lowest BCUT2D eigenvalue weighted by atomic mass is 9.82. The first-order chi connectivity index (χ1) is 15.7. The number of hydrogen-bond acceptors (Lipinski definition) is 2. The SMILES string of the molecule is Cc1c2c(c3c4c(cccc14)CCC3)Oc1cc(CC3CCCC3)cc3nc[n+](C)c-2c13. The maximum absolute atomic E-state index is 6.86. The molecule has 0 saturated heterocycles. The highest BCUT2D eigenvalue weighted by molar-refractivity contribution is 6.06. The first-order valence-electron chi connectivity index (χ1n) is 12.3. The highest BCUT2D eigenvalue weighted by Gasteiger charge is 2.33. The average molecular weight is 422 g/mol. The van der Waals surface area contributed by atoms with Crippen molar-refractivity contribution in [1.29, 1.82) is 0 Å². The summed E-state index contributed by atoms with van der Waals surface area (Å²) in [5, 5.41) is 3.98. The van der Waals surface area contributed by atoms with Crippen LogP contribution in [-0.4, -0.2) is 4.98 Å². The van der Waals surface area contributed by atoms with E-state index in [2.05, 4.69) is 48.9 Å². The van der Waals surface area contributed by atoms with E-state index in [1.54, 1.807) is 0 Å². The molecule has 1 aliphatic heterocycles. The lowest BCUT2D eigenvalue weighted by molar-refractivity contribution is -0.662. The van der Waals surface area contributed by atoms with E-state index in [4.69, 9.17) is 9.72 Å². The Kier molecular flexibility index (Phi) is 3.94. The van der Waals surface area contributed by atoms with Gasteiger partial charge in [-0.25, -0.2) is 4.57 Å². The fraction of sp³-hybridized carbons (Fsp3) is 0.379. The van der Waals surface area contributed by atoms with Gasteiger partial charge in [0.15, 0.2) is 11.2 Å². The summed E-state index contributed by atoms with van der Waals surface area (Å²) in [6.07, 6.45) is 12.1. The highest BCUT2D eigenvalue weighted by Crippen LogP contribution is 2.52. The topological polar surface area (TPSA) is 26.0 Å². The summed E-state index contributed by atoms with van der Waals surface area (Å²) < 4.78 is 9.05. The predicted molar refractivity (Wildman–Crippen MR) is 128 cm³/mol. The van der Waals surface area contributed by atoms with Gasteiger partial charge in [-0.2, -0.15) is 0 Å². The van der Waals surface area contributed by atoms with Gasteiger partial charge in [-0.15, -0.1) is 0 Å². The minimum Gasteiger partial charge on any atom is -0.455 e. The average Bonchev–Trinajstić information content (AvgIpc) is 3.32. The Morgan fingerprint density at radius 3 is 2.81 bits per heavy atom. The van der Waals surface area contributed by atoms with Crippen molar-refractivity contribution in [3.05, 3.63) is 58.9 Å². The Labute approximate surface area is 189 Å². The van der Waals surface area contributed by atoms with Crippen molar-refractivity contribution in [2.75, 3.05) is 0 Å². The molecule has 3 aromatic carbocycles. The van der Waals surface area contributed by atoms with Crippen molar-refractivity contribution in [2.24, 2.45) is 13.0 Å². The fourth-order valence-corrected chi connectivity index (χ4v) is 6.68. The van der Waals surface area contributed by atoms with Crippen LogP contribution in [0, 0.1) is 12.8 Å². The van der Waals surface area contributed by atoms with E-state index in [0.29, 0.717) is 0 Å². The Bertz CT molecular complexity index is 1430. The molecule has 160 valence electrons. The van der Waals surface area contributed by atoms with E-state index in [9.17, 15) is 0 Å². The van der Waals surface area contributed by atoms with Crippen LogP contribution in [-0.2, 0) is 26.3 Å². The summed E-state index contributed by atoms with van der Waals surface area (Å²) in [5.74, 6) is 2.90. The Morgan fingerprint density at radius 2 is 1.94 bits per heavy atom. The summed E-state index contributed by atoms with van der Waals surface area (Å²) in [6, 6.07) is 11.4. The second-order valence-corrected chi connectivity index (χ2v) is 10.1. The smallest absolute Gasteiger partial charge is 0.287 e. The molecule has 2 heterocycles. The normalized spacial score (nSPS) is 17.1. The summed E-state index contributed by atoms with van der Waals surface area (Å²) in [4.78, 5) is 4.84. The molecular weight excluding hydrogens is 392 g/mol. The van der Waals surface area contributed by atoms with Crippen LogP contribution in [0.4, 0.5) is 0 Å². The van der Waals surface area contributed by atoms with Gasteiger partial charge in [-0.1, -0.05) is 43.9 Å². The zero-order valence-electron chi connectivity index (χ0n) is 19.0. The van der Waals surface area contributed by atoms with Crippen LogP contribution in [0.25, 0.3) is 32.9 Å². The molecule has 0 N–H and O–H groups in total. The molecule has 32 heavy (non-hydrogen) atoms. The second kappa shape index (κ2) is 6.78. The number of benzene rings is 3. The molecule has 7 rings (SSSR count). The number of aromatic nitrogens is 2. The molecule has 2 aliphatic carbocycles. The molecule has 0 bridgehead atoms. The van der Waals surface area contributed by atoms with Crippen molar-refractivity contribution in [3.63, 3.8) is 0 Å². The van der Waals surface area contributed by atoms with E-state index in [1.807, 2.05) is 6.33 Å². The van der Waals surface area contributed by atoms with Gasteiger partial charge < -0.3 is 4.74 Å². The lowest BCUT2D eigenvalue weighted by Crippen LogP contribution is -2.33. The molecule has 1 fully saturated rings. The Morgan fingerprint density at radius 1 is 1.06 bits per heavy atom. The Hall–Kier alpha value is -2.94. The van der Waals surface area contributed by atoms with E-state index in [-0.39, 0.29) is 0 Å². The van der Waals surface area contributed by atoms with Gasteiger partial charge in [0.05, 0.1) is 12.6 Å². The third-order valence-corrected chi connectivity index (χ3v) is 8.15. The van der Waals surface area contributed by atoms with Crippen molar-refractivity contribution in [3.8, 4) is 22.8 Å². The molecule has 3 aliphatic rings. The Balaban J connectivity index is 1.53. The second-order valence-electron chi connectivity index (χ2n) is 10.1. The van der Waals surface area contributed by atoms with E-state index < -0.39 is 0 Å². The van der Waals surface area contributed by atoms with Crippen LogP contribution in [0.5, 0.6) is 11.5 Å². The summed E-state index contributed by atoms with van der Waals surface area (Å²) in [6.45, 7) is 2.27. The van der Waals surface area contributed by atoms with Gasteiger partial charge in [-0.05, 0) is 83.1 Å². The number of rotatable bonds is 2. The van der Waals surface area contributed by atoms with Gasteiger partial charge in [0.2, 0.25) is 0 Å². The number of fused-ring (bicyclic) bond motifs is 3. The molecule has 0 atom stereocenters. The molecule has 0 radical (unpaired) electrons. The molecule has 3 nitrogen and oxygen atoms in total. The minimum atomic E-state index is 0.810. The van der Waals surface area contributed by atoms with E-state index in [1.165, 1.54) is 81.8 Å². The molecule has 0 amide bonds. The van der Waals surface area contributed by atoms with E-state index >= 15 is 0 Å². The quantitative estimate of drug-likeness (QED) is 0.304.